The summed E-state index contributed by atoms with van der Waals surface area (Å²) in [5.74, 6) is 0. The van der Waals surface area contributed by atoms with Gasteiger partial charge in [-0.25, -0.2) is 0 Å². The molecule has 0 spiro atoms. The van der Waals surface area contributed by atoms with Crippen molar-refractivity contribution in [1.29, 1.82) is 0 Å². The van der Waals surface area contributed by atoms with E-state index in [1.807, 2.05) is 0 Å². The Morgan fingerprint density at radius 3 is 1.14 bits per heavy atom. The Balaban J connectivity index is -0.000000696. The van der Waals surface area contributed by atoms with Gasteiger partial charge in [0, 0.05) is 0 Å². The van der Waals surface area contributed by atoms with Crippen molar-refractivity contribution < 1.29 is 22.4 Å². The maximum atomic E-state index is 2.39. The van der Waals surface area contributed by atoms with E-state index in [9.17, 15) is 0 Å². The Bertz CT molecular complexity index is 349. The molecule has 0 saturated carbocycles. The summed E-state index contributed by atoms with van der Waals surface area (Å²) in [5, 5.41) is 0. The fraction of sp³-hybridized carbons (Fsp3) is 0.625. The van der Waals surface area contributed by atoms with Crippen LogP contribution in [0.15, 0.2) is 24.8 Å². The minimum Gasteiger partial charge on any atom is -0.693 e. The van der Waals surface area contributed by atoms with Gasteiger partial charge in [0.1, 0.15) is 0 Å². The van der Waals surface area contributed by atoms with Crippen LogP contribution in [-0.2, 0) is 22.4 Å². The maximum Gasteiger partial charge on any atom is -0.693 e. The van der Waals surface area contributed by atoms with Crippen LogP contribution in [-0.4, -0.2) is 46.8 Å². The predicted octanol–water partition coefficient (Wildman–Crippen LogP) is 7.97. The van der Waals surface area contributed by atoms with E-state index in [2.05, 4.69) is 149 Å². The topological polar surface area (TPSA) is 80.0 Å². The molecule has 0 radical (unpaired) electrons. The number of rotatable bonds is 9. The molecule has 0 atom stereocenters. The third-order valence-electron chi connectivity index (χ3n) is 3.73. The zero-order chi connectivity index (χ0) is 19.6. The van der Waals surface area contributed by atoms with Crippen molar-refractivity contribution in [3.8, 4) is 0 Å². The molecule has 6 nitrogen and oxygen atoms in total. The zero-order valence-corrected chi connectivity index (χ0v) is 29.4. The number of unbranched alkanes of at least 4 members (excludes halogenated alkanes) is 5. The second-order valence-corrected chi connectivity index (χ2v) is 39.0. The quantitative estimate of drug-likeness (QED) is 0.133. The Hall–Kier alpha value is 2.90. The van der Waals surface area contributed by atoms with Crippen LogP contribution in [0.3, 0.4) is 0 Å². The molecule has 2 aliphatic heterocycles. The van der Waals surface area contributed by atoms with Crippen LogP contribution >= 0.6 is 77.4 Å². The Kier molecular flexibility index (Phi) is 33.1. The average Bonchev–Trinajstić information content (AvgIpc) is 3.20. The summed E-state index contributed by atoms with van der Waals surface area (Å²) in [6, 6.07) is 0. The monoisotopic (exact) mass is 1210 g/mol. The summed E-state index contributed by atoms with van der Waals surface area (Å²) in [5.41, 5.74) is 0. The smallest absolute Gasteiger partial charge is 0.693 e. The van der Waals surface area contributed by atoms with Gasteiger partial charge >= 0.3 is 99.8 Å². The van der Waals surface area contributed by atoms with Gasteiger partial charge in [-0.1, -0.05) is 25.7 Å². The molecule has 0 aromatic carbocycles. The maximum absolute atomic E-state index is 2.39. The molecule has 0 fully saturated rings. The van der Waals surface area contributed by atoms with Gasteiger partial charge in [0.15, 0.2) is 0 Å². The zero-order valence-electron chi connectivity index (χ0n) is 16.2. The molecular formula is C16H32I4N6Pt2. The van der Waals surface area contributed by atoms with Crippen LogP contribution < -0.4 is 0 Å². The van der Waals surface area contributed by atoms with Crippen LogP contribution in [0.1, 0.15) is 38.5 Å². The summed E-state index contributed by atoms with van der Waals surface area (Å²) < 4.78 is 0. The van der Waals surface area contributed by atoms with Crippen molar-refractivity contribution in [2.75, 3.05) is 27.2 Å². The van der Waals surface area contributed by atoms with E-state index < -0.39 is 0 Å². The van der Waals surface area contributed by atoms with Crippen molar-refractivity contribution in [2.45, 2.75) is 38.5 Å². The van der Waals surface area contributed by atoms with E-state index in [-0.39, 0.29) is 12.3 Å². The largest absolute Gasteiger partial charge is 0.693 e. The summed E-state index contributed by atoms with van der Waals surface area (Å²) in [6.07, 6.45) is 16.5. The number of hydrogen-bond acceptors (Lipinski definition) is 4. The summed E-state index contributed by atoms with van der Waals surface area (Å²) >= 11 is 10.6. The van der Waals surface area contributed by atoms with E-state index in [1.54, 1.807) is 0 Å². The van der Waals surface area contributed by atoms with E-state index >= 15 is 0 Å². The second-order valence-electron chi connectivity index (χ2n) is 5.85. The summed E-state index contributed by atoms with van der Waals surface area (Å²) in [6.45, 7) is 6.61. The molecular weight excluding hydrogens is 1170 g/mol. The molecule has 12 heteroatoms. The molecule has 0 unspecified atom stereocenters. The average molecular weight is 1210 g/mol. The van der Waals surface area contributed by atoms with Crippen LogP contribution in [0.25, 0.3) is 12.3 Å². The van der Waals surface area contributed by atoms with Gasteiger partial charge in [0.05, 0.1) is 0 Å². The van der Waals surface area contributed by atoms with E-state index in [0.29, 0.717) is 22.4 Å². The molecule has 0 amide bonds. The summed E-state index contributed by atoms with van der Waals surface area (Å²) in [7, 11) is 4.14. The fourth-order valence-corrected chi connectivity index (χ4v) is 2.56. The first kappa shape index (κ1) is 35.5. The molecule has 4 N–H and O–H groups in total. The molecule has 0 aliphatic carbocycles. The van der Waals surface area contributed by atoms with Gasteiger partial charge in [0.25, 0.3) is 0 Å². The van der Waals surface area contributed by atoms with Crippen LogP contribution in [0.5, 0.6) is 0 Å². The van der Waals surface area contributed by atoms with E-state index in [1.165, 1.54) is 38.5 Å². The van der Waals surface area contributed by atoms with Gasteiger partial charge in [-0.3, -0.25) is 0 Å². The molecule has 0 aromatic heterocycles. The van der Waals surface area contributed by atoms with Crippen molar-refractivity contribution in [1.82, 2.24) is 19.6 Å². The minimum atomic E-state index is 0. The van der Waals surface area contributed by atoms with Crippen molar-refractivity contribution in [3.05, 3.63) is 50.4 Å². The third-order valence-corrected chi connectivity index (χ3v) is 3.73. The molecule has 0 aromatic rings. The first-order valence-electron chi connectivity index (χ1n) is 8.24. The molecule has 0 saturated heterocycles. The molecule has 2 heterocycles. The number of halogens is 4. The van der Waals surface area contributed by atoms with Crippen LogP contribution in [0.2, 0.25) is 0 Å². The molecule has 174 valence electrons. The number of hydrogen-bond donors (Lipinski definition) is 0. The summed E-state index contributed by atoms with van der Waals surface area (Å²) in [4.78, 5) is 8.74. The predicted molar refractivity (Wildman–Crippen MR) is 150 cm³/mol. The van der Waals surface area contributed by atoms with Gasteiger partial charge < -0.3 is 31.9 Å². The van der Waals surface area contributed by atoms with Gasteiger partial charge in [-0.15, -0.1) is 0 Å². The Morgan fingerprint density at radius 2 is 0.893 bits per heavy atom. The number of nitrogens with two attached hydrogens (primary N) is 2. The Labute approximate surface area is 231 Å². The Morgan fingerprint density at radius 1 is 0.607 bits per heavy atom. The van der Waals surface area contributed by atoms with Gasteiger partial charge in [-0.2, -0.15) is 13.3 Å². The second kappa shape index (κ2) is 26.2. The third kappa shape index (κ3) is 22.1. The minimum absolute atomic E-state index is 0. The van der Waals surface area contributed by atoms with Crippen molar-refractivity contribution in [2.24, 2.45) is 0 Å². The molecule has 0 bridgehead atoms. The molecule has 2 aliphatic rings. The first-order chi connectivity index (χ1) is 12.6. The molecule has 2 rings (SSSR count). The van der Waals surface area contributed by atoms with E-state index in [4.69, 9.17) is 0 Å². The molecule has 28 heavy (non-hydrogen) atoms. The first-order valence-corrected chi connectivity index (χ1v) is 34.0. The van der Waals surface area contributed by atoms with Crippen LogP contribution in [0.4, 0.5) is 0 Å². The number of nitrogens with zero attached hydrogens (tertiary/aromatic N) is 4. The SMILES string of the molecule is CN1C=CN(CCCCCCCCN2C=CN(C)[CH-]2)[CH-]1.[I][Pt+2][I].[I][Pt+2][I].[NH2-].[NH2-]. The normalized spacial score (nSPS) is 14.4. The standard InChI is InChI=1S/C16H28N4.4HI.2H2N.2Pt/c1-17-11-13-19(15-17)9-7-5-3-4-6-8-10-20-14-12-18(2)16-20;;;;;;;;/h11-16H,3-10H2,1-2H3;4*1H;2*1H2;;/q-2;;;;;2*-1;2*+4/p-4. The van der Waals surface area contributed by atoms with Gasteiger partial charge in [-0.05, 0) is 64.8 Å². The van der Waals surface area contributed by atoms with Crippen LogP contribution in [0, 0.1) is 13.3 Å². The van der Waals surface area contributed by atoms with Crippen molar-refractivity contribution in [3.63, 3.8) is 0 Å². The van der Waals surface area contributed by atoms with Crippen molar-refractivity contribution >= 4 is 77.4 Å². The van der Waals surface area contributed by atoms with Gasteiger partial charge in [0.2, 0.25) is 0 Å². The fourth-order valence-electron chi connectivity index (χ4n) is 2.56. The van der Waals surface area contributed by atoms with E-state index in [0.717, 1.165) is 13.1 Å².